The molecule has 1 unspecified atom stereocenters. The highest BCUT2D eigenvalue weighted by molar-refractivity contribution is 5.32. The maximum absolute atomic E-state index is 2.46. The van der Waals surface area contributed by atoms with Crippen LogP contribution in [0.1, 0.15) is 63.4 Å². The van der Waals surface area contributed by atoms with Gasteiger partial charge in [0.25, 0.3) is 0 Å². The third-order valence-electron chi connectivity index (χ3n) is 3.45. The van der Waals surface area contributed by atoms with Crippen LogP contribution in [0.2, 0.25) is 0 Å². The van der Waals surface area contributed by atoms with E-state index in [9.17, 15) is 0 Å². The van der Waals surface area contributed by atoms with Gasteiger partial charge in [0.2, 0.25) is 0 Å². The normalized spacial score (nSPS) is 13.1. The van der Waals surface area contributed by atoms with E-state index < -0.39 is 0 Å². The topological polar surface area (TPSA) is 4.93 Å². The van der Waals surface area contributed by atoms with Gasteiger partial charge in [-0.25, -0.2) is 0 Å². The monoisotopic (exact) mass is 207 g/mol. The Balaban J connectivity index is 3.09. The molecule has 0 saturated heterocycles. The van der Waals surface area contributed by atoms with E-state index in [-0.39, 0.29) is 0 Å². The van der Waals surface area contributed by atoms with Crippen LogP contribution in [0, 0.1) is 6.92 Å². The summed E-state index contributed by atoms with van der Waals surface area (Å²) in [6.45, 7) is 11.4. The molecular weight excluding hydrogens is 182 g/mol. The molecule has 1 aromatic rings. The van der Waals surface area contributed by atoms with Crippen molar-refractivity contribution >= 4 is 0 Å². The van der Waals surface area contributed by atoms with Gasteiger partial charge in [0.05, 0.1) is 0 Å². The molecule has 1 nitrogen and oxygen atoms in total. The van der Waals surface area contributed by atoms with Gasteiger partial charge in [0, 0.05) is 17.9 Å². The third kappa shape index (κ3) is 2.45. The minimum absolute atomic E-state index is 0.640. The van der Waals surface area contributed by atoms with Crippen molar-refractivity contribution in [2.24, 2.45) is 0 Å². The van der Waals surface area contributed by atoms with E-state index in [4.69, 9.17) is 0 Å². The molecule has 1 aromatic heterocycles. The minimum Gasteiger partial charge on any atom is -0.348 e. The average Bonchev–Trinajstić information content (AvgIpc) is 2.56. The van der Waals surface area contributed by atoms with Crippen molar-refractivity contribution in [1.29, 1.82) is 0 Å². The molecule has 0 aliphatic carbocycles. The number of hydrogen-bond donors (Lipinski definition) is 0. The van der Waals surface area contributed by atoms with Gasteiger partial charge in [0.1, 0.15) is 0 Å². The van der Waals surface area contributed by atoms with Crippen LogP contribution in [-0.4, -0.2) is 4.57 Å². The Bertz CT molecular complexity index is 309. The first-order chi connectivity index (χ1) is 7.15. The zero-order valence-electron chi connectivity index (χ0n) is 10.9. The SMILES string of the molecule is CCCc1c(CC)cn(C(C)CC)c1C. The standard InChI is InChI=1S/C14H25N/c1-6-9-14-12(5)15(11(4)7-2)10-13(14)8-3/h10-11H,6-9H2,1-5H3. The Morgan fingerprint density at radius 3 is 2.40 bits per heavy atom. The van der Waals surface area contributed by atoms with Gasteiger partial charge in [-0.2, -0.15) is 0 Å². The van der Waals surface area contributed by atoms with Crippen LogP contribution in [-0.2, 0) is 12.8 Å². The van der Waals surface area contributed by atoms with E-state index in [0.29, 0.717) is 6.04 Å². The molecule has 0 aliphatic rings. The average molecular weight is 207 g/mol. The third-order valence-corrected chi connectivity index (χ3v) is 3.45. The van der Waals surface area contributed by atoms with Gasteiger partial charge >= 0.3 is 0 Å². The van der Waals surface area contributed by atoms with Crippen molar-refractivity contribution in [2.75, 3.05) is 0 Å². The number of rotatable bonds is 5. The van der Waals surface area contributed by atoms with E-state index in [2.05, 4.69) is 45.4 Å². The predicted octanol–water partition coefficient (Wildman–Crippen LogP) is 4.28. The van der Waals surface area contributed by atoms with Gasteiger partial charge < -0.3 is 4.57 Å². The molecule has 1 heterocycles. The summed E-state index contributed by atoms with van der Waals surface area (Å²) in [5, 5.41) is 0. The summed E-state index contributed by atoms with van der Waals surface area (Å²) < 4.78 is 2.46. The van der Waals surface area contributed by atoms with Crippen LogP contribution < -0.4 is 0 Å². The molecule has 1 heteroatoms. The fourth-order valence-electron chi connectivity index (χ4n) is 2.28. The molecule has 0 saturated carbocycles. The van der Waals surface area contributed by atoms with Gasteiger partial charge in [-0.15, -0.1) is 0 Å². The summed E-state index contributed by atoms with van der Waals surface area (Å²) in [6.07, 6.45) is 7.23. The minimum atomic E-state index is 0.640. The molecule has 15 heavy (non-hydrogen) atoms. The van der Waals surface area contributed by atoms with Crippen molar-refractivity contribution < 1.29 is 0 Å². The Morgan fingerprint density at radius 2 is 1.93 bits per heavy atom. The van der Waals surface area contributed by atoms with Crippen molar-refractivity contribution in [3.63, 3.8) is 0 Å². The fourth-order valence-corrected chi connectivity index (χ4v) is 2.28. The Labute approximate surface area is 94.5 Å². The van der Waals surface area contributed by atoms with Gasteiger partial charge in [-0.1, -0.05) is 27.2 Å². The summed E-state index contributed by atoms with van der Waals surface area (Å²) >= 11 is 0. The molecule has 86 valence electrons. The summed E-state index contributed by atoms with van der Waals surface area (Å²) in [5.74, 6) is 0. The van der Waals surface area contributed by atoms with Crippen LogP contribution in [0.5, 0.6) is 0 Å². The van der Waals surface area contributed by atoms with Gasteiger partial charge in [-0.3, -0.25) is 0 Å². The zero-order valence-corrected chi connectivity index (χ0v) is 10.9. The Hall–Kier alpha value is -0.720. The van der Waals surface area contributed by atoms with Crippen molar-refractivity contribution in [3.05, 3.63) is 23.0 Å². The van der Waals surface area contributed by atoms with Crippen molar-refractivity contribution in [1.82, 2.24) is 4.57 Å². The number of aromatic nitrogens is 1. The molecule has 1 rings (SSSR count). The highest BCUT2D eigenvalue weighted by Gasteiger charge is 2.13. The number of aryl methyl sites for hydroxylation is 1. The number of nitrogens with zero attached hydrogens (tertiary/aromatic N) is 1. The lowest BCUT2D eigenvalue weighted by Gasteiger charge is -2.14. The molecule has 0 N–H and O–H groups in total. The molecule has 0 bridgehead atoms. The summed E-state index contributed by atoms with van der Waals surface area (Å²) in [7, 11) is 0. The van der Waals surface area contributed by atoms with Crippen LogP contribution in [0.15, 0.2) is 6.20 Å². The van der Waals surface area contributed by atoms with Crippen LogP contribution in [0.25, 0.3) is 0 Å². The van der Waals surface area contributed by atoms with E-state index in [1.165, 1.54) is 31.4 Å². The smallest absolute Gasteiger partial charge is 0.0302 e. The first-order valence-electron chi connectivity index (χ1n) is 6.34. The molecule has 0 aromatic carbocycles. The zero-order chi connectivity index (χ0) is 11.4. The molecule has 0 radical (unpaired) electrons. The summed E-state index contributed by atoms with van der Waals surface area (Å²) in [4.78, 5) is 0. The van der Waals surface area contributed by atoms with E-state index in [0.717, 1.165) is 0 Å². The van der Waals surface area contributed by atoms with Gasteiger partial charge in [0.15, 0.2) is 0 Å². The second-order valence-electron chi connectivity index (χ2n) is 4.49. The largest absolute Gasteiger partial charge is 0.348 e. The fraction of sp³-hybridized carbons (Fsp3) is 0.714. The lowest BCUT2D eigenvalue weighted by Crippen LogP contribution is -2.04. The lowest BCUT2D eigenvalue weighted by molar-refractivity contribution is 0.520. The Kier molecular flexibility index (Phi) is 4.44. The highest BCUT2D eigenvalue weighted by atomic mass is 15.0. The molecule has 0 fully saturated rings. The number of hydrogen-bond acceptors (Lipinski definition) is 0. The van der Waals surface area contributed by atoms with E-state index >= 15 is 0 Å². The van der Waals surface area contributed by atoms with E-state index in [1.54, 1.807) is 11.1 Å². The van der Waals surface area contributed by atoms with Crippen LogP contribution >= 0.6 is 0 Å². The van der Waals surface area contributed by atoms with Crippen LogP contribution in [0.3, 0.4) is 0 Å². The maximum Gasteiger partial charge on any atom is 0.0302 e. The molecule has 0 aliphatic heterocycles. The van der Waals surface area contributed by atoms with Gasteiger partial charge in [-0.05, 0) is 44.2 Å². The predicted molar refractivity (Wildman–Crippen MR) is 67.5 cm³/mol. The highest BCUT2D eigenvalue weighted by Crippen LogP contribution is 2.24. The molecule has 0 spiro atoms. The Morgan fingerprint density at radius 1 is 1.27 bits per heavy atom. The molecular formula is C14H25N. The summed E-state index contributed by atoms with van der Waals surface area (Å²) in [5.41, 5.74) is 4.64. The maximum atomic E-state index is 2.46. The first-order valence-corrected chi connectivity index (χ1v) is 6.34. The van der Waals surface area contributed by atoms with E-state index in [1.807, 2.05) is 0 Å². The quantitative estimate of drug-likeness (QED) is 0.679. The second kappa shape index (κ2) is 5.39. The first kappa shape index (κ1) is 12.4. The van der Waals surface area contributed by atoms with Crippen molar-refractivity contribution in [2.45, 2.75) is 66.3 Å². The van der Waals surface area contributed by atoms with Crippen LogP contribution in [0.4, 0.5) is 0 Å². The van der Waals surface area contributed by atoms with Crippen molar-refractivity contribution in [3.8, 4) is 0 Å². The second-order valence-corrected chi connectivity index (χ2v) is 4.49. The molecule has 0 amide bonds. The lowest BCUT2D eigenvalue weighted by atomic mass is 10.0. The molecule has 1 atom stereocenters. The summed E-state index contributed by atoms with van der Waals surface area (Å²) in [6, 6.07) is 0.640.